The van der Waals surface area contributed by atoms with Crippen molar-refractivity contribution in [3.05, 3.63) is 63.6 Å². The van der Waals surface area contributed by atoms with Gasteiger partial charge in [-0.05, 0) is 37.6 Å². The van der Waals surface area contributed by atoms with Crippen molar-refractivity contribution in [2.45, 2.75) is 32.5 Å². The number of amides is 1. The lowest BCUT2D eigenvalue weighted by molar-refractivity contribution is -0.126. The van der Waals surface area contributed by atoms with Gasteiger partial charge in [-0.3, -0.25) is 9.69 Å². The fourth-order valence-electron chi connectivity index (χ4n) is 3.11. The molecule has 4 nitrogen and oxygen atoms in total. The predicted octanol–water partition coefficient (Wildman–Crippen LogP) is 4.45. The number of hydrogen-bond donors (Lipinski definition) is 1. The molecule has 0 fully saturated rings. The number of carbonyl (C=O) groups is 1. The molecule has 0 aromatic heterocycles. The Morgan fingerprint density at radius 3 is 2.73 bits per heavy atom. The van der Waals surface area contributed by atoms with Gasteiger partial charge in [-0.25, -0.2) is 0 Å². The monoisotopic (exact) mass is 392 g/mol. The fraction of sp³-hybridized carbons (Fsp3) is 0.350. The second-order valence-electron chi connectivity index (χ2n) is 6.50. The Balaban J connectivity index is 1.67. The Hall–Kier alpha value is -1.75. The van der Waals surface area contributed by atoms with Crippen LogP contribution in [0.2, 0.25) is 10.0 Å². The van der Waals surface area contributed by atoms with Gasteiger partial charge in [0.05, 0.1) is 12.1 Å². The number of halogens is 2. The molecule has 0 aliphatic carbocycles. The lowest BCUT2D eigenvalue weighted by atomic mass is 10.1. The van der Waals surface area contributed by atoms with E-state index in [0.29, 0.717) is 29.7 Å². The van der Waals surface area contributed by atoms with Crippen molar-refractivity contribution in [3.63, 3.8) is 0 Å². The number of nitrogens with zero attached hydrogens (tertiary/aromatic N) is 1. The maximum atomic E-state index is 12.8. The van der Waals surface area contributed by atoms with Crippen LogP contribution < -0.4 is 10.1 Å². The molecule has 2 unspecified atom stereocenters. The van der Waals surface area contributed by atoms with Crippen LogP contribution in [0.4, 0.5) is 0 Å². The van der Waals surface area contributed by atoms with Gasteiger partial charge >= 0.3 is 0 Å². The van der Waals surface area contributed by atoms with Crippen molar-refractivity contribution in [1.29, 1.82) is 0 Å². The Morgan fingerprint density at radius 2 is 1.96 bits per heavy atom. The lowest BCUT2D eigenvalue weighted by Gasteiger charge is -2.27. The summed E-state index contributed by atoms with van der Waals surface area (Å²) in [5.74, 6) is 0.854. The number of carbonyl (C=O) groups excluding carboxylic acids is 1. The Morgan fingerprint density at radius 1 is 1.19 bits per heavy atom. The van der Waals surface area contributed by atoms with Crippen LogP contribution in [0.3, 0.4) is 0 Å². The number of para-hydroxylation sites is 1. The maximum absolute atomic E-state index is 12.8. The average Bonchev–Trinajstić information content (AvgIpc) is 2.83. The average molecular weight is 393 g/mol. The molecule has 1 N–H and O–H groups in total. The molecular formula is C20H22Cl2N2O2. The smallest absolute Gasteiger partial charge is 0.237 e. The zero-order chi connectivity index (χ0) is 18.7. The van der Waals surface area contributed by atoms with Crippen molar-refractivity contribution >= 4 is 29.1 Å². The summed E-state index contributed by atoms with van der Waals surface area (Å²) in [6.45, 7) is 5.77. The standard InChI is InChI=1S/C20H22Cl2N2O2/c1-13(17-8-7-16(21)11-18(17)22)23-20(25)14(2)24-9-10-26-19-6-4-3-5-15(19)12-24/h3-8,11,13-14H,9-10,12H2,1-2H3,(H,23,25). The van der Waals surface area contributed by atoms with Gasteiger partial charge in [0, 0.05) is 28.7 Å². The molecule has 26 heavy (non-hydrogen) atoms. The zero-order valence-corrected chi connectivity index (χ0v) is 16.3. The largest absolute Gasteiger partial charge is 0.492 e. The topological polar surface area (TPSA) is 41.6 Å². The van der Waals surface area contributed by atoms with Crippen LogP contribution >= 0.6 is 23.2 Å². The van der Waals surface area contributed by atoms with Gasteiger partial charge in [0.1, 0.15) is 12.4 Å². The van der Waals surface area contributed by atoms with Crippen LogP contribution in [-0.4, -0.2) is 30.0 Å². The highest BCUT2D eigenvalue weighted by molar-refractivity contribution is 6.35. The number of nitrogens with one attached hydrogen (secondary N) is 1. The molecule has 138 valence electrons. The van der Waals surface area contributed by atoms with E-state index in [-0.39, 0.29) is 18.0 Å². The van der Waals surface area contributed by atoms with Crippen molar-refractivity contribution < 1.29 is 9.53 Å². The quantitative estimate of drug-likeness (QED) is 0.834. The lowest BCUT2D eigenvalue weighted by Crippen LogP contribution is -2.46. The first-order valence-electron chi connectivity index (χ1n) is 8.66. The third kappa shape index (κ3) is 4.32. The first-order chi connectivity index (χ1) is 12.5. The van der Waals surface area contributed by atoms with Crippen LogP contribution in [0.15, 0.2) is 42.5 Å². The molecule has 2 atom stereocenters. The van der Waals surface area contributed by atoms with Gasteiger partial charge in [-0.15, -0.1) is 0 Å². The Kier molecular flexibility index (Phi) is 6.07. The van der Waals surface area contributed by atoms with E-state index in [1.54, 1.807) is 12.1 Å². The number of hydrogen-bond acceptors (Lipinski definition) is 3. The number of ether oxygens (including phenoxy) is 1. The second-order valence-corrected chi connectivity index (χ2v) is 7.34. The molecule has 2 aromatic rings. The maximum Gasteiger partial charge on any atom is 0.237 e. The normalized spacial score (nSPS) is 16.8. The van der Waals surface area contributed by atoms with E-state index in [0.717, 1.165) is 16.9 Å². The minimum absolute atomic E-state index is 0.0390. The molecule has 2 aromatic carbocycles. The predicted molar refractivity (Wildman–Crippen MR) is 105 cm³/mol. The molecule has 0 bridgehead atoms. The van der Waals surface area contributed by atoms with Gasteiger partial charge < -0.3 is 10.1 Å². The van der Waals surface area contributed by atoms with Crippen LogP contribution in [0.25, 0.3) is 0 Å². The van der Waals surface area contributed by atoms with Crippen LogP contribution in [0.5, 0.6) is 5.75 Å². The summed E-state index contributed by atoms with van der Waals surface area (Å²) >= 11 is 12.2. The summed E-state index contributed by atoms with van der Waals surface area (Å²) in [6, 6.07) is 12.8. The minimum atomic E-state index is -0.279. The van der Waals surface area contributed by atoms with Gasteiger partial charge in [0.2, 0.25) is 5.91 Å². The van der Waals surface area contributed by atoms with Crippen molar-refractivity contribution in [2.75, 3.05) is 13.2 Å². The molecule has 6 heteroatoms. The van der Waals surface area contributed by atoms with E-state index < -0.39 is 0 Å². The van der Waals surface area contributed by atoms with E-state index in [2.05, 4.69) is 10.2 Å². The van der Waals surface area contributed by atoms with Crippen molar-refractivity contribution in [3.8, 4) is 5.75 Å². The third-order valence-electron chi connectivity index (χ3n) is 4.70. The highest BCUT2D eigenvalue weighted by Gasteiger charge is 2.26. The van der Waals surface area contributed by atoms with E-state index in [1.165, 1.54) is 0 Å². The Bertz CT molecular complexity index is 797. The number of fused-ring (bicyclic) bond motifs is 1. The van der Waals surface area contributed by atoms with Gasteiger partial charge in [-0.2, -0.15) is 0 Å². The first-order valence-corrected chi connectivity index (χ1v) is 9.41. The summed E-state index contributed by atoms with van der Waals surface area (Å²) in [5, 5.41) is 4.18. The SMILES string of the molecule is CC(NC(=O)C(C)N1CCOc2ccccc2C1)c1ccc(Cl)cc1Cl. The van der Waals surface area contributed by atoms with Crippen LogP contribution in [0.1, 0.15) is 31.0 Å². The summed E-state index contributed by atoms with van der Waals surface area (Å²) in [7, 11) is 0. The Labute approximate surface area is 164 Å². The number of benzene rings is 2. The van der Waals surface area contributed by atoms with E-state index in [4.69, 9.17) is 27.9 Å². The van der Waals surface area contributed by atoms with Crippen molar-refractivity contribution in [1.82, 2.24) is 10.2 Å². The fourth-order valence-corrected chi connectivity index (χ4v) is 3.68. The third-order valence-corrected chi connectivity index (χ3v) is 5.26. The van der Waals surface area contributed by atoms with Crippen LogP contribution in [0, 0.1) is 0 Å². The highest BCUT2D eigenvalue weighted by atomic mass is 35.5. The van der Waals surface area contributed by atoms with Crippen molar-refractivity contribution in [2.24, 2.45) is 0 Å². The molecule has 0 spiro atoms. The molecule has 1 amide bonds. The van der Waals surface area contributed by atoms with E-state index in [1.807, 2.05) is 44.2 Å². The summed E-state index contributed by atoms with van der Waals surface area (Å²) < 4.78 is 5.78. The minimum Gasteiger partial charge on any atom is -0.492 e. The zero-order valence-electron chi connectivity index (χ0n) is 14.8. The molecule has 3 rings (SSSR count). The molecule has 0 radical (unpaired) electrons. The molecule has 1 aliphatic rings. The highest BCUT2D eigenvalue weighted by Crippen LogP contribution is 2.27. The number of rotatable bonds is 4. The summed E-state index contributed by atoms with van der Waals surface area (Å²) in [4.78, 5) is 14.9. The van der Waals surface area contributed by atoms with E-state index in [9.17, 15) is 4.79 Å². The summed E-state index contributed by atoms with van der Waals surface area (Å²) in [5.41, 5.74) is 1.94. The molecule has 1 aliphatic heterocycles. The molecule has 0 saturated carbocycles. The van der Waals surface area contributed by atoms with E-state index >= 15 is 0 Å². The second kappa shape index (κ2) is 8.30. The summed E-state index contributed by atoms with van der Waals surface area (Å²) in [6.07, 6.45) is 0. The molecule has 0 saturated heterocycles. The first kappa shape index (κ1) is 19.0. The molecule has 1 heterocycles. The van der Waals surface area contributed by atoms with Crippen LogP contribution in [-0.2, 0) is 11.3 Å². The van der Waals surface area contributed by atoms with Gasteiger partial charge in [-0.1, -0.05) is 47.5 Å². The van der Waals surface area contributed by atoms with Gasteiger partial charge in [0.25, 0.3) is 0 Å². The van der Waals surface area contributed by atoms with Gasteiger partial charge in [0.15, 0.2) is 0 Å². The molecular weight excluding hydrogens is 371 g/mol.